The third-order valence-corrected chi connectivity index (χ3v) is 7.38. The monoisotopic (exact) mass is 404 g/mol. The van der Waals surface area contributed by atoms with Crippen molar-refractivity contribution in [1.29, 1.82) is 0 Å². The van der Waals surface area contributed by atoms with Gasteiger partial charge in [0.05, 0.1) is 10.6 Å². The number of hydrogen-bond donors (Lipinski definition) is 1. The molecular formula is C20H24N2O3S2. The molecule has 2 aromatic rings. The van der Waals surface area contributed by atoms with E-state index in [2.05, 4.69) is 5.32 Å². The van der Waals surface area contributed by atoms with Gasteiger partial charge >= 0.3 is 0 Å². The van der Waals surface area contributed by atoms with Gasteiger partial charge in [-0.15, -0.1) is 11.8 Å². The molecule has 0 unspecified atom stereocenters. The zero-order valence-corrected chi connectivity index (χ0v) is 16.8. The van der Waals surface area contributed by atoms with Gasteiger partial charge < -0.3 is 5.32 Å². The van der Waals surface area contributed by atoms with Crippen LogP contribution in [-0.4, -0.2) is 37.5 Å². The smallest absolute Gasteiger partial charge is 0.243 e. The van der Waals surface area contributed by atoms with E-state index in [1.165, 1.54) is 11.8 Å². The summed E-state index contributed by atoms with van der Waals surface area (Å²) in [6.07, 6.45) is 3.98. The van der Waals surface area contributed by atoms with Crippen molar-refractivity contribution in [1.82, 2.24) is 4.31 Å². The molecule has 7 heteroatoms. The van der Waals surface area contributed by atoms with Crippen LogP contribution in [0.3, 0.4) is 0 Å². The van der Waals surface area contributed by atoms with Crippen molar-refractivity contribution in [3.05, 3.63) is 54.6 Å². The standard InChI is InChI=1S/C20H24N2O3S2/c23-20(16-26-18-8-4-3-5-9-18)21-17-10-12-19(13-11-17)27(24,25)22-14-6-1-2-7-15-22/h3-5,8-13H,1-2,6-7,14-16H2,(H,21,23). The molecule has 1 heterocycles. The fourth-order valence-corrected chi connectivity index (χ4v) is 5.24. The van der Waals surface area contributed by atoms with Crippen molar-refractivity contribution in [3.8, 4) is 0 Å². The highest BCUT2D eigenvalue weighted by atomic mass is 32.2. The summed E-state index contributed by atoms with van der Waals surface area (Å²) in [5, 5.41) is 2.81. The molecule has 0 saturated carbocycles. The molecule has 0 bridgehead atoms. The van der Waals surface area contributed by atoms with Crippen LogP contribution >= 0.6 is 11.8 Å². The van der Waals surface area contributed by atoms with E-state index in [0.717, 1.165) is 30.6 Å². The summed E-state index contributed by atoms with van der Waals surface area (Å²) < 4.78 is 27.1. The maximum absolute atomic E-state index is 12.8. The van der Waals surface area contributed by atoms with Crippen LogP contribution in [0.5, 0.6) is 0 Å². The molecule has 1 amide bonds. The Kier molecular flexibility index (Phi) is 6.93. The van der Waals surface area contributed by atoms with Crippen molar-refractivity contribution in [2.45, 2.75) is 35.5 Å². The maximum atomic E-state index is 12.8. The highest BCUT2D eigenvalue weighted by Gasteiger charge is 2.24. The molecule has 0 aromatic heterocycles. The Morgan fingerprint density at radius 2 is 1.56 bits per heavy atom. The zero-order chi connectivity index (χ0) is 19.1. The molecule has 2 aromatic carbocycles. The number of nitrogens with zero attached hydrogens (tertiary/aromatic N) is 1. The number of sulfonamides is 1. The first-order chi connectivity index (χ1) is 13.1. The second kappa shape index (κ2) is 9.39. The Morgan fingerprint density at radius 1 is 0.926 bits per heavy atom. The summed E-state index contributed by atoms with van der Waals surface area (Å²) in [6.45, 7) is 1.16. The Hall–Kier alpha value is -1.83. The summed E-state index contributed by atoms with van der Waals surface area (Å²) in [5.74, 6) is 0.185. The van der Waals surface area contributed by atoms with E-state index in [4.69, 9.17) is 0 Å². The topological polar surface area (TPSA) is 66.5 Å². The van der Waals surface area contributed by atoms with E-state index in [-0.39, 0.29) is 10.8 Å². The first-order valence-electron chi connectivity index (χ1n) is 9.14. The van der Waals surface area contributed by atoms with Gasteiger partial charge in [-0.1, -0.05) is 31.0 Å². The summed E-state index contributed by atoms with van der Waals surface area (Å²) in [6, 6.07) is 16.2. The lowest BCUT2D eigenvalue weighted by molar-refractivity contribution is -0.113. The molecule has 1 N–H and O–H groups in total. The van der Waals surface area contributed by atoms with Crippen LogP contribution in [-0.2, 0) is 14.8 Å². The van der Waals surface area contributed by atoms with E-state index < -0.39 is 10.0 Å². The molecule has 1 aliphatic rings. The fourth-order valence-electron chi connectivity index (χ4n) is 3.00. The average Bonchev–Trinajstić information content (AvgIpc) is 2.98. The minimum atomic E-state index is -3.46. The molecule has 3 rings (SSSR count). The Labute approximate surface area is 165 Å². The number of thioether (sulfide) groups is 1. The van der Waals surface area contributed by atoms with E-state index in [1.807, 2.05) is 30.3 Å². The average molecular weight is 405 g/mol. The lowest BCUT2D eigenvalue weighted by atomic mass is 10.2. The molecule has 144 valence electrons. The molecule has 5 nitrogen and oxygen atoms in total. The molecule has 27 heavy (non-hydrogen) atoms. The largest absolute Gasteiger partial charge is 0.325 e. The number of carbonyl (C=O) groups is 1. The van der Waals surface area contributed by atoms with Gasteiger partial charge in [-0.2, -0.15) is 4.31 Å². The highest BCUT2D eigenvalue weighted by Crippen LogP contribution is 2.22. The summed E-state index contributed by atoms with van der Waals surface area (Å²) >= 11 is 1.46. The lowest BCUT2D eigenvalue weighted by Gasteiger charge is -2.20. The van der Waals surface area contributed by atoms with E-state index in [1.54, 1.807) is 28.6 Å². The lowest BCUT2D eigenvalue weighted by Crippen LogP contribution is -2.31. The van der Waals surface area contributed by atoms with Gasteiger partial charge in [-0.25, -0.2) is 8.42 Å². The van der Waals surface area contributed by atoms with Gasteiger partial charge in [-0.05, 0) is 49.2 Å². The molecular weight excluding hydrogens is 380 g/mol. The second-order valence-corrected chi connectivity index (χ2v) is 9.48. The third kappa shape index (κ3) is 5.57. The Morgan fingerprint density at radius 3 is 2.19 bits per heavy atom. The van der Waals surface area contributed by atoms with E-state index in [9.17, 15) is 13.2 Å². The number of benzene rings is 2. The fraction of sp³-hybridized carbons (Fsp3) is 0.350. The molecule has 0 spiro atoms. The number of anilines is 1. The maximum Gasteiger partial charge on any atom is 0.243 e. The molecule has 1 saturated heterocycles. The number of hydrogen-bond acceptors (Lipinski definition) is 4. The summed E-state index contributed by atoms with van der Waals surface area (Å²) in [5.41, 5.74) is 0.600. The van der Waals surface area contributed by atoms with Crippen LogP contribution in [0, 0.1) is 0 Å². The first-order valence-corrected chi connectivity index (χ1v) is 11.6. The van der Waals surface area contributed by atoms with Gasteiger partial charge in [0.2, 0.25) is 15.9 Å². The predicted octanol–water partition coefficient (Wildman–Crippen LogP) is 3.98. The van der Waals surface area contributed by atoms with Gasteiger partial charge in [0, 0.05) is 23.7 Å². The van der Waals surface area contributed by atoms with Crippen molar-refractivity contribution >= 4 is 33.4 Å². The SMILES string of the molecule is O=C(CSc1ccccc1)Nc1ccc(S(=O)(=O)N2CCCCCC2)cc1. The van der Waals surface area contributed by atoms with Crippen molar-refractivity contribution in [3.63, 3.8) is 0 Å². The van der Waals surface area contributed by atoms with Crippen LogP contribution in [0.1, 0.15) is 25.7 Å². The van der Waals surface area contributed by atoms with Crippen LogP contribution in [0.2, 0.25) is 0 Å². The number of amides is 1. The van der Waals surface area contributed by atoms with Crippen molar-refractivity contribution in [2.24, 2.45) is 0 Å². The minimum absolute atomic E-state index is 0.119. The van der Waals surface area contributed by atoms with Gasteiger partial charge in [0.15, 0.2) is 0 Å². The van der Waals surface area contributed by atoms with Crippen LogP contribution in [0.4, 0.5) is 5.69 Å². The van der Waals surface area contributed by atoms with E-state index >= 15 is 0 Å². The molecule has 0 aliphatic carbocycles. The molecule has 0 atom stereocenters. The van der Waals surface area contributed by atoms with Crippen LogP contribution in [0.15, 0.2) is 64.4 Å². The Balaban J connectivity index is 1.58. The first kappa shape index (κ1) is 19.9. The van der Waals surface area contributed by atoms with Crippen molar-refractivity contribution < 1.29 is 13.2 Å². The third-order valence-electron chi connectivity index (χ3n) is 4.45. The normalized spacial score (nSPS) is 15.9. The summed E-state index contributed by atoms with van der Waals surface area (Å²) in [7, 11) is -3.46. The zero-order valence-electron chi connectivity index (χ0n) is 15.1. The number of carbonyl (C=O) groups excluding carboxylic acids is 1. The van der Waals surface area contributed by atoms with Crippen molar-refractivity contribution in [2.75, 3.05) is 24.2 Å². The number of rotatable bonds is 6. The molecule has 1 aliphatic heterocycles. The minimum Gasteiger partial charge on any atom is -0.325 e. The van der Waals surface area contributed by atoms with Gasteiger partial charge in [0.1, 0.15) is 0 Å². The van der Waals surface area contributed by atoms with Crippen LogP contribution < -0.4 is 5.32 Å². The van der Waals surface area contributed by atoms with E-state index in [0.29, 0.717) is 24.5 Å². The summed E-state index contributed by atoms with van der Waals surface area (Å²) in [4.78, 5) is 13.4. The quantitative estimate of drug-likeness (QED) is 0.740. The van der Waals surface area contributed by atoms with Gasteiger partial charge in [-0.3, -0.25) is 4.79 Å². The highest BCUT2D eigenvalue weighted by molar-refractivity contribution is 8.00. The Bertz CT molecular complexity index is 845. The second-order valence-electron chi connectivity index (χ2n) is 6.49. The predicted molar refractivity (Wildman–Crippen MR) is 109 cm³/mol. The molecule has 1 fully saturated rings. The van der Waals surface area contributed by atoms with Gasteiger partial charge in [0.25, 0.3) is 0 Å². The van der Waals surface area contributed by atoms with Crippen LogP contribution in [0.25, 0.3) is 0 Å². The molecule has 0 radical (unpaired) electrons. The number of nitrogens with one attached hydrogen (secondary N) is 1.